The summed E-state index contributed by atoms with van der Waals surface area (Å²) in [5.74, 6) is 1.43. The fourth-order valence-electron chi connectivity index (χ4n) is 2.39. The van der Waals surface area contributed by atoms with Crippen molar-refractivity contribution in [3.63, 3.8) is 0 Å². The van der Waals surface area contributed by atoms with E-state index in [1.807, 2.05) is 31.3 Å². The van der Waals surface area contributed by atoms with Gasteiger partial charge in [0.15, 0.2) is 0 Å². The van der Waals surface area contributed by atoms with Gasteiger partial charge in [-0.05, 0) is 56.5 Å². The molecule has 0 radical (unpaired) electrons. The molecule has 4 heteroatoms. The third kappa shape index (κ3) is 4.78. The van der Waals surface area contributed by atoms with Crippen molar-refractivity contribution in [2.75, 3.05) is 33.4 Å². The van der Waals surface area contributed by atoms with Gasteiger partial charge in [-0.15, -0.1) is 0 Å². The first-order chi connectivity index (χ1) is 9.79. The first-order valence-electron chi connectivity index (χ1n) is 7.42. The predicted molar refractivity (Wildman–Crippen MR) is 79.0 cm³/mol. The van der Waals surface area contributed by atoms with E-state index in [1.165, 1.54) is 0 Å². The largest absolute Gasteiger partial charge is 0.493 e. The second-order valence-electron chi connectivity index (χ2n) is 5.35. The first-order valence-corrected chi connectivity index (χ1v) is 7.42. The number of ether oxygens (including phenoxy) is 2. The average molecular weight is 279 g/mol. The van der Waals surface area contributed by atoms with Crippen LogP contribution < -0.4 is 10.1 Å². The fraction of sp³-hybridized carbons (Fsp3) is 0.625. The smallest absolute Gasteiger partial charge is 0.119 e. The number of aliphatic hydroxyl groups excluding tert-OH is 1. The minimum atomic E-state index is -0.436. The number of hydrogen-bond acceptors (Lipinski definition) is 4. The molecule has 20 heavy (non-hydrogen) atoms. The second-order valence-corrected chi connectivity index (χ2v) is 5.35. The van der Waals surface area contributed by atoms with Crippen molar-refractivity contribution in [3.05, 3.63) is 29.8 Å². The monoisotopic (exact) mass is 279 g/mol. The van der Waals surface area contributed by atoms with Crippen molar-refractivity contribution in [3.8, 4) is 5.75 Å². The highest BCUT2D eigenvalue weighted by atomic mass is 16.5. The van der Waals surface area contributed by atoms with Crippen molar-refractivity contribution < 1.29 is 14.6 Å². The van der Waals surface area contributed by atoms with E-state index in [2.05, 4.69) is 5.32 Å². The molecule has 1 aromatic rings. The summed E-state index contributed by atoms with van der Waals surface area (Å²) in [6.07, 6.45) is 2.42. The molecule has 2 N–H and O–H groups in total. The van der Waals surface area contributed by atoms with E-state index < -0.39 is 6.10 Å². The predicted octanol–water partition coefficient (Wildman–Crippen LogP) is 2.13. The summed E-state index contributed by atoms with van der Waals surface area (Å²) in [5, 5.41) is 13.1. The van der Waals surface area contributed by atoms with Crippen LogP contribution in [0.25, 0.3) is 0 Å². The molecule has 1 aromatic carbocycles. The molecule has 1 unspecified atom stereocenters. The molecule has 0 bridgehead atoms. The van der Waals surface area contributed by atoms with Crippen molar-refractivity contribution in [1.82, 2.24) is 5.32 Å². The Morgan fingerprint density at radius 2 is 2.20 bits per heavy atom. The van der Waals surface area contributed by atoms with Crippen molar-refractivity contribution in [2.45, 2.75) is 25.4 Å². The van der Waals surface area contributed by atoms with Crippen LogP contribution in [0.5, 0.6) is 5.75 Å². The van der Waals surface area contributed by atoms with Crippen LogP contribution in [0.2, 0.25) is 0 Å². The van der Waals surface area contributed by atoms with E-state index in [-0.39, 0.29) is 0 Å². The van der Waals surface area contributed by atoms with Gasteiger partial charge in [0.1, 0.15) is 5.75 Å². The van der Waals surface area contributed by atoms with Gasteiger partial charge in [0.2, 0.25) is 0 Å². The van der Waals surface area contributed by atoms with Crippen LogP contribution in [0.15, 0.2) is 24.3 Å². The van der Waals surface area contributed by atoms with Crippen molar-refractivity contribution in [1.29, 1.82) is 0 Å². The molecule has 1 aliphatic heterocycles. The molecular weight excluding hydrogens is 254 g/mol. The Morgan fingerprint density at radius 1 is 1.40 bits per heavy atom. The highest BCUT2D eigenvalue weighted by molar-refractivity contribution is 5.29. The van der Waals surface area contributed by atoms with Crippen molar-refractivity contribution in [2.24, 2.45) is 5.92 Å². The van der Waals surface area contributed by atoms with Gasteiger partial charge in [0.25, 0.3) is 0 Å². The summed E-state index contributed by atoms with van der Waals surface area (Å²) in [7, 11) is 1.89. The molecule has 0 aliphatic carbocycles. The highest BCUT2D eigenvalue weighted by Crippen LogP contribution is 2.23. The SMILES string of the molecule is CNCCC(O)c1cccc(OCC2CCOCC2)c1. The van der Waals surface area contributed by atoms with Gasteiger partial charge in [-0.25, -0.2) is 0 Å². The molecule has 0 saturated carbocycles. The molecule has 1 heterocycles. The van der Waals surface area contributed by atoms with Crippen LogP contribution in [0.4, 0.5) is 0 Å². The Hall–Kier alpha value is -1.10. The summed E-state index contributed by atoms with van der Waals surface area (Å²) in [6.45, 7) is 3.22. The standard InChI is InChI=1S/C16H25NO3/c1-17-8-5-16(18)14-3-2-4-15(11-14)20-12-13-6-9-19-10-7-13/h2-4,11,13,16-18H,5-10,12H2,1H3. The second kappa shape index (κ2) is 8.25. The minimum absolute atomic E-state index is 0.436. The third-order valence-electron chi connectivity index (χ3n) is 3.74. The maximum absolute atomic E-state index is 10.1. The number of nitrogens with one attached hydrogen (secondary N) is 1. The van der Waals surface area contributed by atoms with Gasteiger partial charge in [0.05, 0.1) is 12.7 Å². The van der Waals surface area contributed by atoms with E-state index in [0.717, 1.165) is 50.5 Å². The van der Waals surface area contributed by atoms with E-state index in [0.29, 0.717) is 12.3 Å². The molecule has 1 aliphatic rings. The van der Waals surface area contributed by atoms with Gasteiger partial charge in [-0.2, -0.15) is 0 Å². The summed E-state index contributed by atoms with van der Waals surface area (Å²) >= 11 is 0. The van der Waals surface area contributed by atoms with E-state index >= 15 is 0 Å². The van der Waals surface area contributed by atoms with Crippen LogP contribution in [0.1, 0.15) is 30.9 Å². The summed E-state index contributed by atoms with van der Waals surface area (Å²) < 4.78 is 11.2. The fourth-order valence-corrected chi connectivity index (χ4v) is 2.39. The number of benzene rings is 1. The number of hydrogen-bond donors (Lipinski definition) is 2. The van der Waals surface area contributed by atoms with Crippen LogP contribution in [0.3, 0.4) is 0 Å². The molecule has 1 saturated heterocycles. The topological polar surface area (TPSA) is 50.7 Å². The van der Waals surface area contributed by atoms with E-state index in [9.17, 15) is 5.11 Å². The van der Waals surface area contributed by atoms with Gasteiger partial charge in [0, 0.05) is 13.2 Å². The zero-order valence-electron chi connectivity index (χ0n) is 12.2. The summed E-state index contributed by atoms with van der Waals surface area (Å²) in [5.41, 5.74) is 0.921. The molecule has 1 fully saturated rings. The molecule has 2 rings (SSSR count). The van der Waals surface area contributed by atoms with Gasteiger partial charge in [-0.1, -0.05) is 12.1 Å². The average Bonchev–Trinajstić information content (AvgIpc) is 2.52. The normalized spacial score (nSPS) is 17.9. The van der Waals surface area contributed by atoms with E-state index in [4.69, 9.17) is 9.47 Å². The van der Waals surface area contributed by atoms with E-state index in [1.54, 1.807) is 0 Å². The lowest BCUT2D eigenvalue weighted by molar-refractivity contribution is 0.0497. The Morgan fingerprint density at radius 3 is 2.95 bits per heavy atom. The third-order valence-corrected chi connectivity index (χ3v) is 3.74. The lowest BCUT2D eigenvalue weighted by atomic mass is 10.0. The van der Waals surface area contributed by atoms with Crippen molar-refractivity contribution >= 4 is 0 Å². The molecule has 0 aromatic heterocycles. The number of aliphatic hydroxyl groups is 1. The van der Waals surface area contributed by atoms with Gasteiger partial charge >= 0.3 is 0 Å². The van der Waals surface area contributed by atoms with Gasteiger partial charge in [-0.3, -0.25) is 0 Å². The lowest BCUT2D eigenvalue weighted by Gasteiger charge is -2.22. The molecule has 4 nitrogen and oxygen atoms in total. The lowest BCUT2D eigenvalue weighted by Crippen LogP contribution is -2.21. The quantitative estimate of drug-likeness (QED) is 0.803. The summed E-state index contributed by atoms with van der Waals surface area (Å²) in [4.78, 5) is 0. The highest BCUT2D eigenvalue weighted by Gasteiger charge is 2.14. The Bertz CT molecular complexity index is 391. The molecule has 0 amide bonds. The van der Waals surface area contributed by atoms with Crippen LogP contribution in [-0.2, 0) is 4.74 Å². The Labute approximate surface area is 121 Å². The summed E-state index contributed by atoms with van der Waals surface area (Å²) in [6, 6.07) is 7.78. The molecule has 0 spiro atoms. The Balaban J connectivity index is 1.85. The maximum atomic E-state index is 10.1. The molecule has 112 valence electrons. The first kappa shape index (κ1) is 15.3. The minimum Gasteiger partial charge on any atom is -0.493 e. The van der Waals surface area contributed by atoms with Crippen LogP contribution in [-0.4, -0.2) is 38.5 Å². The molecule has 1 atom stereocenters. The Kier molecular flexibility index (Phi) is 6.30. The molecular formula is C16H25NO3. The van der Waals surface area contributed by atoms with Crippen LogP contribution >= 0.6 is 0 Å². The zero-order valence-corrected chi connectivity index (χ0v) is 12.2. The zero-order chi connectivity index (χ0) is 14.2. The number of rotatable bonds is 7. The van der Waals surface area contributed by atoms with Gasteiger partial charge < -0.3 is 19.9 Å². The maximum Gasteiger partial charge on any atom is 0.119 e. The van der Waals surface area contributed by atoms with Crippen LogP contribution in [0, 0.1) is 5.92 Å².